The van der Waals surface area contributed by atoms with Gasteiger partial charge in [-0.25, -0.2) is 4.68 Å². The maximum absolute atomic E-state index is 12.0. The van der Waals surface area contributed by atoms with Crippen LogP contribution in [0.3, 0.4) is 0 Å². The van der Waals surface area contributed by atoms with Gasteiger partial charge in [-0.05, 0) is 36.4 Å². The Morgan fingerprint density at radius 3 is 2.91 bits per heavy atom. The first kappa shape index (κ1) is 15.4. The smallest absolute Gasteiger partial charge is 0.253 e. The summed E-state index contributed by atoms with van der Waals surface area (Å²) in [6.45, 7) is 0.347. The molecule has 0 aliphatic carbocycles. The maximum Gasteiger partial charge on any atom is 0.253 e. The van der Waals surface area contributed by atoms with Gasteiger partial charge in [0.2, 0.25) is 0 Å². The Bertz CT molecular complexity index is 666. The van der Waals surface area contributed by atoms with Gasteiger partial charge in [0, 0.05) is 29.1 Å². The van der Waals surface area contributed by atoms with Crippen LogP contribution in [0.15, 0.2) is 36.7 Å². The zero-order chi connectivity index (χ0) is 15.6. The number of hydrogen-bond acceptors (Lipinski definition) is 4. The van der Waals surface area contributed by atoms with Gasteiger partial charge >= 0.3 is 0 Å². The number of carbonyl (C=O) groups excluding carboxylic acids is 1. The third-order valence-corrected chi connectivity index (χ3v) is 5.03. The maximum atomic E-state index is 12.0. The molecule has 2 aromatic rings. The number of hydrogen-bond donors (Lipinski definition) is 2. The molecule has 116 valence electrons. The van der Waals surface area contributed by atoms with E-state index in [9.17, 15) is 9.90 Å². The number of nitrogens with zero attached hydrogens (tertiary/aromatic N) is 2. The summed E-state index contributed by atoms with van der Waals surface area (Å²) in [4.78, 5) is 12.0. The predicted octanol–water partition coefficient (Wildman–Crippen LogP) is 2.01. The Hall–Kier alpha value is -1.50. The quantitative estimate of drug-likeness (QED) is 0.895. The van der Waals surface area contributed by atoms with Crippen molar-refractivity contribution in [3.8, 4) is 5.69 Å². The number of thioether (sulfide) groups is 1. The zero-order valence-corrected chi connectivity index (χ0v) is 13.4. The third-order valence-electron chi connectivity index (χ3n) is 3.60. The van der Waals surface area contributed by atoms with E-state index in [0.717, 1.165) is 17.0 Å². The summed E-state index contributed by atoms with van der Waals surface area (Å²) < 4.78 is 1.72. The number of nitrogens with one attached hydrogen (secondary N) is 1. The first-order valence-corrected chi connectivity index (χ1v) is 8.48. The number of rotatable bonds is 4. The molecule has 1 aromatic heterocycles. The third kappa shape index (κ3) is 3.29. The number of carbonyl (C=O) groups is 1. The van der Waals surface area contributed by atoms with Crippen LogP contribution in [0.5, 0.6) is 0 Å². The van der Waals surface area contributed by atoms with E-state index >= 15 is 0 Å². The van der Waals surface area contributed by atoms with Gasteiger partial charge in [0.1, 0.15) is 0 Å². The van der Waals surface area contributed by atoms with E-state index in [0.29, 0.717) is 23.7 Å². The van der Waals surface area contributed by atoms with Crippen LogP contribution >= 0.6 is 23.4 Å². The molecule has 0 bridgehead atoms. The van der Waals surface area contributed by atoms with Crippen molar-refractivity contribution < 1.29 is 9.90 Å². The van der Waals surface area contributed by atoms with Crippen molar-refractivity contribution in [2.75, 3.05) is 11.5 Å². The Labute approximate surface area is 137 Å². The fraction of sp³-hybridized carbons (Fsp3) is 0.333. The van der Waals surface area contributed by atoms with Crippen LogP contribution in [0.1, 0.15) is 12.0 Å². The molecular weight excluding hydrogens is 322 g/mol. The van der Waals surface area contributed by atoms with Crippen molar-refractivity contribution >= 4 is 29.3 Å². The molecule has 22 heavy (non-hydrogen) atoms. The first-order chi connectivity index (χ1) is 10.6. The predicted molar refractivity (Wildman–Crippen MR) is 87.3 cm³/mol. The molecule has 1 amide bonds. The number of benzene rings is 1. The van der Waals surface area contributed by atoms with Crippen molar-refractivity contribution in [3.05, 3.63) is 47.2 Å². The van der Waals surface area contributed by atoms with Crippen LogP contribution < -0.4 is 5.32 Å². The van der Waals surface area contributed by atoms with E-state index in [1.54, 1.807) is 34.8 Å². The number of aromatic nitrogens is 2. The summed E-state index contributed by atoms with van der Waals surface area (Å²) >= 11 is 7.46. The fourth-order valence-corrected chi connectivity index (χ4v) is 3.63. The van der Waals surface area contributed by atoms with E-state index < -0.39 is 5.60 Å². The number of aliphatic hydroxyl groups is 1. The summed E-state index contributed by atoms with van der Waals surface area (Å²) in [5.41, 5.74) is 0.543. The van der Waals surface area contributed by atoms with Gasteiger partial charge in [0.25, 0.3) is 5.91 Å². The second-order valence-corrected chi connectivity index (χ2v) is 6.83. The van der Waals surface area contributed by atoms with E-state index in [1.807, 2.05) is 18.3 Å². The molecule has 3 rings (SSSR count). The second-order valence-electron chi connectivity index (χ2n) is 5.29. The monoisotopic (exact) mass is 337 g/mol. The van der Waals surface area contributed by atoms with Gasteiger partial charge in [0.15, 0.2) is 5.60 Å². The average Bonchev–Trinajstić information content (AvgIpc) is 3.15. The molecule has 1 aliphatic heterocycles. The van der Waals surface area contributed by atoms with Crippen molar-refractivity contribution in [2.45, 2.75) is 18.6 Å². The molecule has 0 radical (unpaired) electrons. The highest BCUT2D eigenvalue weighted by molar-refractivity contribution is 7.99. The molecular formula is C15H16ClN3O2S. The lowest BCUT2D eigenvalue weighted by Crippen LogP contribution is -2.46. The molecule has 1 fully saturated rings. The lowest BCUT2D eigenvalue weighted by molar-refractivity contribution is -0.137. The summed E-state index contributed by atoms with van der Waals surface area (Å²) in [6, 6.07) is 7.34. The Morgan fingerprint density at radius 1 is 1.45 bits per heavy atom. The van der Waals surface area contributed by atoms with Crippen LogP contribution in [-0.4, -0.2) is 37.9 Å². The van der Waals surface area contributed by atoms with Crippen molar-refractivity contribution in [1.82, 2.24) is 15.1 Å². The zero-order valence-electron chi connectivity index (χ0n) is 11.8. The minimum atomic E-state index is -1.23. The highest BCUT2D eigenvalue weighted by Gasteiger charge is 2.39. The van der Waals surface area contributed by atoms with Gasteiger partial charge in [-0.3, -0.25) is 4.79 Å². The lowest BCUT2D eigenvalue weighted by atomic mass is 10.0. The summed E-state index contributed by atoms with van der Waals surface area (Å²) in [7, 11) is 0. The van der Waals surface area contributed by atoms with E-state index in [-0.39, 0.29) is 5.91 Å². The normalized spacial score (nSPS) is 21.0. The molecule has 0 spiro atoms. The molecule has 5 nitrogen and oxygen atoms in total. The Kier molecular flexibility index (Phi) is 4.42. The van der Waals surface area contributed by atoms with Crippen LogP contribution in [0.25, 0.3) is 5.69 Å². The molecule has 1 aromatic carbocycles. The largest absolute Gasteiger partial charge is 0.379 e. The molecule has 0 saturated carbocycles. The topological polar surface area (TPSA) is 67.2 Å². The van der Waals surface area contributed by atoms with Crippen molar-refractivity contribution in [3.63, 3.8) is 0 Å². The summed E-state index contributed by atoms with van der Waals surface area (Å²) in [5, 5.41) is 17.9. The van der Waals surface area contributed by atoms with Crippen LogP contribution in [-0.2, 0) is 11.3 Å². The molecule has 2 N–H and O–H groups in total. The van der Waals surface area contributed by atoms with Gasteiger partial charge in [-0.1, -0.05) is 11.6 Å². The minimum Gasteiger partial charge on any atom is -0.379 e. The molecule has 1 saturated heterocycles. The van der Waals surface area contributed by atoms with Crippen LogP contribution in [0.2, 0.25) is 5.02 Å². The van der Waals surface area contributed by atoms with E-state index in [1.165, 1.54) is 0 Å². The summed E-state index contributed by atoms with van der Waals surface area (Å²) in [5.74, 6) is 0.970. The van der Waals surface area contributed by atoms with Crippen molar-refractivity contribution in [2.24, 2.45) is 0 Å². The van der Waals surface area contributed by atoms with Crippen LogP contribution in [0.4, 0.5) is 0 Å². The highest BCUT2D eigenvalue weighted by atomic mass is 35.5. The standard InChI is InChI=1S/C15H16ClN3O2S/c16-12-1-3-13(4-2-12)19-9-11(8-18-19)7-17-14(20)15(21)5-6-22-10-15/h1-4,8-9,21H,5-7,10H2,(H,17,20). The van der Waals surface area contributed by atoms with Gasteiger partial charge in [0.05, 0.1) is 11.9 Å². The molecule has 7 heteroatoms. The molecule has 1 aliphatic rings. The van der Waals surface area contributed by atoms with Crippen LogP contribution in [0, 0.1) is 0 Å². The second kappa shape index (κ2) is 6.32. The first-order valence-electron chi connectivity index (χ1n) is 6.95. The minimum absolute atomic E-state index is 0.309. The average molecular weight is 338 g/mol. The SMILES string of the molecule is O=C(NCc1cnn(-c2ccc(Cl)cc2)c1)C1(O)CCSC1. The summed E-state index contributed by atoms with van der Waals surface area (Å²) in [6.07, 6.45) is 4.05. The number of amides is 1. The Morgan fingerprint density at radius 2 is 2.23 bits per heavy atom. The van der Waals surface area contributed by atoms with E-state index in [2.05, 4.69) is 10.4 Å². The fourth-order valence-electron chi connectivity index (χ4n) is 2.27. The van der Waals surface area contributed by atoms with Gasteiger partial charge < -0.3 is 10.4 Å². The molecule has 1 unspecified atom stereocenters. The van der Waals surface area contributed by atoms with E-state index in [4.69, 9.17) is 11.6 Å². The van der Waals surface area contributed by atoms with Crippen molar-refractivity contribution in [1.29, 1.82) is 0 Å². The lowest BCUT2D eigenvalue weighted by Gasteiger charge is -2.19. The molecule has 1 atom stereocenters. The highest BCUT2D eigenvalue weighted by Crippen LogP contribution is 2.27. The Balaban J connectivity index is 1.62. The molecule has 2 heterocycles. The van der Waals surface area contributed by atoms with Gasteiger partial charge in [-0.15, -0.1) is 0 Å². The number of halogens is 1. The van der Waals surface area contributed by atoms with Gasteiger partial charge in [-0.2, -0.15) is 16.9 Å².